The van der Waals surface area contributed by atoms with Crippen LogP contribution in [0, 0.1) is 0 Å². The van der Waals surface area contributed by atoms with Crippen LogP contribution < -0.4 is 0 Å². The Morgan fingerprint density at radius 3 is 1.20 bits per heavy atom. The summed E-state index contributed by atoms with van der Waals surface area (Å²) >= 11 is 6.25. The van der Waals surface area contributed by atoms with E-state index in [2.05, 4.69) is 27.2 Å². The second kappa shape index (κ2) is 16.0. The fourth-order valence-corrected chi connectivity index (χ4v) is 0. The SMILES string of the molecule is [Br][Zn][Br].[Co].[Mn]. The van der Waals surface area contributed by atoms with Gasteiger partial charge in [0.1, 0.15) is 0 Å². The average Bonchev–Trinajstić information content (AvgIpc) is 0.918. The van der Waals surface area contributed by atoms with Crippen LogP contribution in [-0.4, -0.2) is 0 Å². The quantitative estimate of drug-likeness (QED) is 0.590. The summed E-state index contributed by atoms with van der Waals surface area (Å²) in [4.78, 5) is 0. The Morgan fingerprint density at radius 1 is 1.20 bits per heavy atom. The van der Waals surface area contributed by atoms with Gasteiger partial charge in [0, 0.05) is 33.8 Å². The minimum atomic E-state index is -0.250. The molecule has 0 amide bonds. The van der Waals surface area contributed by atoms with Gasteiger partial charge in [0.15, 0.2) is 0 Å². The topological polar surface area (TPSA) is 0 Å². The molecule has 0 saturated heterocycles. The third-order valence-electron chi connectivity index (χ3n) is 0. The molecule has 0 aliphatic heterocycles. The summed E-state index contributed by atoms with van der Waals surface area (Å²) in [5, 5.41) is 0. The molecule has 0 fully saturated rings. The van der Waals surface area contributed by atoms with Gasteiger partial charge in [0.05, 0.1) is 0 Å². The van der Waals surface area contributed by atoms with Crippen molar-refractivity contribution in [3.63, 3.8) is 0 Å². The molecule has 0 nitrogen and oxygen atoms in total. The molecule has 0 bridgehead atoms. The van der Waals surface area contributed by atoms with E-state index in [0.717, 1.165) is 0 Å². The Kier molecular flexibility index (Phi) is 50.0. The van der Waals surface area contributed by atoms with Gasteiger partial charge in [-0.3, -0.25) is 0 Å². The van der Waals surface area contributed by atoms with E-state index >= 15 is 0 Å². The van der Waals surface area contributed by atoms with Crippen molar-refractivity contribution < 1.29 is 47.1 Å². The van der Waals surface area contributed by atoms with Crippen LogP contribution in [0.4, 0.5) is 0 Å². The van der Waals surface area contributed by atoms with Crippen molar-refractivity contribution >= 4 is 27.2 Å². The van der Waals surface area contributed by atoms with Crippen LogP contribution in [0.3, 0.4) is 0 Å². The number of hydrogen-bond acceptors (Lipinski definition) is 0. The molecule has 2 radical (unpaired) electrons. The molecule has 5 heteroatoms. The zero-order valence-corrected chi connectivity index (χ0v) is 10.5. The van der Waals surface area contributed by atoms with E-state index in [9.17, 15) is 0 Å². The Balaban J connectivity index is -0.0000000200. The first-order chi connectivity index (χ1) is 1.41. The molecule has 0 aromatic carbocycles. The Hall–Kier alpha value is 2.61. The molecule has 0 saturated carbocycles. The van der Waals surface area contributed by atoms with Gasteiger partial charge in [0.2, 0.25) is 0 Å². The van der Waals surface area contributed by atoms with Crippen LogP contribution in [0.15, 0.2) is 0 Å². The van der Waals surface area contributed by atoms with Crippen LogP contribution in [0.25, 0.3) is 0 Å². The van der Waals surface area contributed by atoms with Crippen molar-refractivity contribution in [2.75, 3.05) is 0 Å². The predicted molar refractivity (Wildman–Crippen MR) is 17.9 cm³/mol. The maximum Gasteiger partial charge on any atom is 0 e. The van der Waals surface area contributed by atoms with E-state index in [1.807, 2.05) is 0 Å². The minimum absolute atomic E-state index is 0. The van der Waals surface area contributed by atoms with Crippen molar-refractivity contribution in [2.45, 2.75) is 0 Å². The summed E-state index contributed by atoms with van der Waals surface area (Å²) < 4.78 is 0. The monoisotopic (exact) mass is 336 g/mol. The molecule has 0 aliphatic carbocycles. The predicted octanol–water partition coefficient (Wildman–Crippen LogP) is 1.68. The number of rotatable bonds is 0. The summed E-state index contributed by atoms with van der Waals surface area (Å²) in [6, 6.07) is 0. The third-order valence-corrected chi connectivity index (χ3v) is 0. The molecular weight excluding hydrogens is 339 g/mol. The Morgan fingerprint density at radius 2 is 1.20 bits per heavy atom. The van der Waals surface area contributed by atoms with Crippen LogP contribution in [-0.2, 0) is 47.1 Å². The van der Waals surface area contributed by atoms with E-state index in [0.29, 0.717) is 0 Å². The molecule has 32 valence electrons. The van der Waals surface area contributed by atoms with Crippen molar-refractivity contribution in [3.8, 4) is 0 Å². The third kappa shape index (κ3) is 20.6. The van der Waals surface area contributed by atoms with Crippen molar-refractivity contribution in [2.24, 2.45) is 0 Å². The molecule has 0 aromatic heterocycles. The van der Waals surface area contributed by atoms with E-state index < -0.39 is 0 Å². The zero-order chi connectivity index (χ0) is 2.71. The standard InChI is InChI=1S/2BrH.Co.Mn.Zn/h2*1H;;;/q;;;;+2/p-2. The van der Waals surface area contributed by atoms with E-state index in [1.165, 1.54) is 0 Å². The average molecular weight is 339 g/mol. The normalized spacial score (nSPS) is 2.00. The molecule has 5 heavy (non-hydrogen) atoms. The Labute approximate surface area is 73.2 Å². The Bertz CT molecular complexity index is 9.61. The van der Waals surface area contributed by atoms with E-state index in [-0.39, 0.29) is 47.1 Å². The van der Waals surface area contributed by atoms with Crippen LogP contribution >= 0.6 is 27.2 Å². The number of halogens is 2. The molecule has 0 aromatic rings. The summed E-state index contributed by atoms with van der Waals surface area (Å²) in [5.74, 6) is 0. The van der Waals surface area contributed by atoms with E-state index in [1.54, 1.807) is 0 Å². The second-order valence-corrected chi connectivity index (χ2v) is 14.2. The molecule has 0 N–H and O–H groups in total. The van der Waals surface area contributed by atoms with Crippen LogP contribution in [0.5, 0.6) is 0 Å². The largest absolute Gasteiger partial charge is 0 e. The van der Waals surface area contributed by atoms with Gasteiger partial charge in [-0.2, -0.15) is 0 Å². The summed E-state index contributed by atoms with van der Waals surface area (Å²) in [6.45, 7) is 0. The molecule has 0 spiro atoms. The van der Waals surface area contributed by atoms with Gasteiger partial charge < -0.3 is 0 Å². The van der Waals surface area contributed by atoms with E-state index in [4.69, 9.17) is 0 Å². The second-order valence-electron chi connectivity index (χ2n) is 0.101. The molecule has 0 atom stereocenters. The summed E-state index contributed by atoms with van der Waals surface area (Å²) in [5.41, 5.74) is 0. The van der Waals surface area contributed by atoms with Gasteiger partial charge >= 0.3 is 40.5 Å². The fourth-order valence-electron chi connectivity index (χ4n) is 0. The first kappa shape index (κ1) is 15.6. The first-order valence-corrected chi connectivity index (χ1v) is 14.4. The van der Waals surface area contributed by atoms with Crippen molar-refractivity contribution in [1.82, 2.24) is 0 Å². The first-order valence-electron chi connectivity index (χ1n) is 0.535. The summed E-state index contributed by atoms with van der Waals surface area (Å²) in [6.07, 6.45) is 0. The molecule has 0 heterocycles. The van der Waals surface area contributed by atoms with Gasteiger partial charge in [-0.1, -0.05) is 0 Å². The van der Waals surface area contributed by atoms with Crippen LogP contribution in [0.1, 0.15) is 0 Å². The maximum atomic E-state index is 3.25. The van der Waals surface area contributed by atoms with Gasteiger partial charge in [-0.15, -0.1) is 0 Å². The van der Waals surface area contributed by atoms with Gasteiger partial charge in [-0.25, -0.2) is 0 Å². The summed E-state index contributed by atoms with van der Waals surface area (Å²) in [7, 11) is 0. The maximum absolute atomic E-state index is 3.25. The molecule has 0 unspecified atom stereocenters. The van der Waals surface area contributed by atoms with Gasteiger partial charge in [-0.05, 0) is 0 Å². The minimum Gasteiger partial charge on any atom is 0 e. The van der Waals surface area contributed by atoms with Crippen molar-refractivity contribution in [1.29, 1.82) is 0 Å². The molecule has 0 aliphatic rings. The zero-order valence-electron chi connectivity index (χ0n) is 2.17. The molecular formula is Br2CoMnZn. The number of hydrogen-bond donors (Lipinski definition) is 0. The smallest absolute Gasteiger partial charge is 0 e. The van der Waals surface area contributed by atoms with Crippen LogP contribution in [0.2, 0.25) is 0 Å². The molecule has 0 rings (SSSR count). The van der Waals surface area contributed by atoms with Crippen molar-refractivity contribution in [3.05, 3.63) is 0 Å². The fraction of sp³-hybridized carbons (Fsp3) is 0. The van der Waals surface area contributed by atoms with Gasteiger partial charge in [0.25, 0.3) is 0 Å².